The summed E-state index contributed by atoms with van der Waals surface area (Å²) in [4.78, 5) is 14.9. The second-order valence-electron chi connectivity index (χ2n) is 4.44. The predicted molar refractivity (Wildman–Crippen MR) is 79.5 cm³/mol. The topological polar surface area (TPSA) is 55.1 Å². The maximum atomic E-state index is 10.9. The molecular formula is C15H13ClN2O2. The van der Waals surface area contributed by atoms with Gasteiger partial charge >= 0.3 is 5.97 Å². The Balaban J connectivity index is 0.00000147. The molecule has 2 aromatic carbocycles. The lowest BCUT2D eigenvalue weighted by Crippen LogP contribution is -1.97. The van der Waals surface area contributed by atoms with E-state index in [-0.39, 0.29) is 12.4 Å². The average Bonchev–Trinajstić information content (AvgIpc) is 2.91. The van der Waals surface area contributed by atoms with E-state index in [0.29, 0.717) is 5.56 Å². The molecule has 0 aliphatic rings. The van der Waals surface area contributed by atoms with Gasteiger partial charge < -0.3 is 9.67 Å². The van der Waals surface area contributed by atoms with Crippen molar-refractivity contribution in [3.63, 3.8) is 0 Å². The van der Waals surface area contributed by atoms with Gasteiger partial charge in [-0.2, -0.15) is 0 Å². The Labute approximate surface area is 122 Å². The SMILES string of the molecule is Cl.O=C(O)c1ccc2cc(Cn3ccnc3)ccc2c1. The van der Waals surface area contributed by atoms with E-state index >= 15 is 0 Å². The van der Waals surface area contributed by atoms with Crippen molar-refractivity contribution in [3.8, 4) is 0 Å². The standard InChI is InChI=1S/C15H12N2O2.ClH/c18-15(19)14-4-3-12-7-11(1-2-13(12)8-14)9-17-6-5-16-10-17;/h1-8,10H,9H2,(H,18,19);1H. The van der Waals surface area contributed by atoms with Gasteiger partial charge in [0.25, 0.3) is 0 Å². The van der Waals surface area contributed by atoms with Gasteiger partial charge in [0, 0.05) is 18.9 Å². The summed E-state index contributed by atoms with van der Waals surface area (Å²) < 4.78 is 1.99. The first kappa shape index (κ1) is 14.1. The van der Waals surface area contributed by atoms with Crippen LogP contribution in [0.4, 0.5) is 0 Å². The summed E-state index contributed by atoms with van der Waals surface area (Å²) >= 11 is 0. The summed E-state index contributed by atoms with van der Waals surface area (Å²) in [5.74, 6) is -0.899. The van der Waals surface area contributed by atoms with Crippen LogP contribution in [0.3, 0.4) is 0 Å². The molecule has 20 heavy (non-hydrogen) atoms. The van der Waals surface area contributed by atoms with Gasteiger partial charge in [0.1, 0.15) is 0 Å². The van der Waals surface area contributed by atoms with E-state index in [2.05, 4.69) is 11.1 Å². The number of imidazole rings is 1. The Morgan fingerprint density at radius 3 is 2.60 bits per heavy atom. The van der Waals surface area contributed by atoms with Crippen molar-refractivity contribution in [3.05, 3.63) is 66.2 Å². The molecule has 3 aromatic rings. The number of aromatic nitrogens is 2. The molecule has 0 saturated heterocycles. The van der Waals surface area contributed by atoms with Crippen molar-refractivity contribution in [1.82, 2.24) is 9.55 Å². The van der Waals surface area contributed by atoms with E-state index in [0.717, 1.165) is 22.9 Å². The van der Waals surface area contributed by atoms with Crippen LogP contribution in [0.5, 0.6) is 0 Å². The van der Waals surface area contributed by atoms with Gasteiger partial charge in [0.05, 0.1) is 11.9 Å². The number of carboxylic acid groups (broad SMARTS) is 1. The van der Waals surface area contributed by atoms with Crippen LogP contribution in [0.15, 0.2) is 55.1 Å². The van der Waals surface area contributed by atoms with Crippen LogP contribution in [0, 0.1) is 0 Å². The normalized spacial score (nSPS) is 10.2. The van der Waals surface area contributed by atoms with E-state index in [4.69, 9.17) is 5.11 Å². The first-order valence-electron chi connectivity index (χ1n) is 5.94. The summed E-state index contributed by atoms with van der Waals surface area (Å²) in [6.07, 6.45) is 5.44. The minimum absolute atomic E-state index is 0. The van der Waals surface area contributed by atoms with Gasteiger partial charge in [-0.15, -0.1) is 12.4 Å². The molecule has 4 nitrogen and oxygen atoms in total. The molecule has 0 bridgehead atoms. The maximum Gasteiger partial charge on any atom is 0.335 e. The van der Waals surface area contributed by atoms with Crippen molar-refractivity contribution in [1.29, 1.82) is 0 Å². The van der Waals surface area contributed by atoms with Crippen molar-refractivity contribution >= 4 is 29.1 Å². The fourth-order valence-corrected chi connectivity index (χ4v) is 2.12. The molecule has 1 aromatic heterocycles. The largest absolute Gasteiger partial charge is 0.478 e. The Morgan fingerprint density at radius 2 is 1.90 bits per heavy atom. The monoisotopic (exact) mass is 288 g/mol. The van der Waals surface area contributed by atoms with Crippen molar-refractivity contribution < 1.29 is 9.90 Å². The Hall–Kier alpha value is -2.33. The van der Waals surface area contributed by atoms with Crippen molar-refractivity contribution in [2.75, 3.05) is 0 Å². The Kier molecular flexibility index (Phi) is 4.05. The van der Waals surface area contributed by atoms with Crippen LogP contribution < -0.4 is 0 Å². The smallest absolute Gasteiger partial charge is 0.335 e. The summed E-state index contributed by atoms with van der Waals surface area (Å²) in [5, 5.41) is 10.9. The Morgan fingerprint density at radius 1 is 1.15 bits per heavy atom. The first-order valence-corrected chi connectivity index (χ1v) is 5.94. The summed E-state index contributed by atoms with van der Waals surface area (Å²) in [5.41, 5.74) is 1.48. The summed E-state index contributed by atoms with van der Waals surface area (Å²) in [6.45, 7) is 0.761. The molecule has 0 atom stereocenters. The highest BCUT2D eigenvalue weighted by molar-refractivity contribution is 5.94. The lowest BCUT2D eigenvalue weighted by Gasteiger charge is -2.05. The fraction of sp³-hybridized carbons (Fsp3) is 0.0667. The van der Waals surface area contributed by atoms with E-state index < -0.39 is 5.97 Å². The minimum Gasteiger partial charge on any atom is -0.478 e. The van der Waals surface area contributed by atoms with Crippen molar-refractivity contribution in [2.45, 2.75) is 6.54 Å². The zero-order valence-electron chi connectivity index (χ0n) is 10.6. The fourth-order valence-electron chi connectivity index (χ4n) is 2.12. The minimum atomic E-state index is -0.899. The van der Waals surface area contributed by atoms with Gasteiger partial charge in [0.15, 0.2) is 0 Å². The molecule has 1 heterocycles. The van der Waals surface area contributed by atoms with Gasteiger partial charge in [-0.05, 0) is 34.5 Å². The lowest BCUT2D eigenvalue weighted by atomic mass is 10.0. The van der Waals surface area contributed by atoms with Crippen LogP contribution in [-0.4, -0.2) is 20.6 Å². The van der Waals surface area contributed by atoms with Crippen LogP contribution >= 0.6 is 12.4 Å². The number of carboxylic acids is 1. The molecule has 0 saturated carbocycles. The third-order valence-electron chi connectivity index (χ3n) is 3.08. The number of aromatic carboxylic acids is 1. The van der Waals surface area contributed by atoms with Gasteiger partial charge in [0.2, 0.25) is 0 Å². The van der Waals surface area contributed by atoms with Crippen molar-refractivity contribution in [2.24, 2.45) is 0 Å². The average molecular weight is 289 g/mol. The third kappa shape index (κ3) is 2.81. The van der Waals surface area contributed by atoms with Gasteiger partial charge in [-0.1, -0.05) is 18.2 Å². The molecule has 0 unspecified atom stereocenters. The van der Waals surface area contributed by atoms with E-state index in [1.54, 1.807) is 24.7 Å². The number of nitrogens with zero attached hydrogens (tertiary/aromatic N) is 2. The zero-order chi connectivity index (χ0) is 13.2. The van der Waals surface area contributed by atoms with Gasteiger partial charge in [-0.25, -0.2) is 9.78 Å². The predicted octanol–water partition coefficient (Wildman–Crippen LogP) is 3.20. The highest BCUT2D eigenvalue weighted by Gasteiger charge is 2.04. The molecule has 0 radical (unpaired) electrons. The molecule has 0 aliphatic carbocycles. The van der Waals surface area contributed by atoms with Crippen LogP contribution in [0.2, 0.25) is 0 Å². The maximum absolute atomic E-state index is 10.9. The number of hydrogen-bond donors (Lipinski definition) is 1. The van der Waals surface area contributed by atoms with E-state index in [1.807, 2.05) is 29.0 Å². The number of carbonyl (C=O) groups is 1. The van der Waals surface area contributed by atoms with E-state index in [9.17, 15) is 4.79 Å². The molecule has 102 valence electrons. The van der Waals surface area contributed by atoms with Crippen LogP contribution in [-0.2, 0) is 6.54 Å². The number of hydrogen-bond acceptors (Lipinski definition) is 2. The van der Waals surface area contributed by atoms with Crippen LogP contribution in [0.25, 0.3) is 10.8 Å². The third-order valence-corrected chi connectivity index (χ3v) is 3.08. The quantitative estimate of drug-likeness (QED) is 0.805. The zero-order valence-corrected chi connectivity index (χ0v) is 11.4. The van der Waals surface area contributed by atoms with Gasteiger partial charge in [-0.3, -0.25) is 0 Å². The summed E-state index contributed by atoms with van der Waals surface area (Å²) in [6, 6.07) is 11.2. The molecule has 0 amide bonds. The van der Waals surface area contributed by atoms with E-state index in [1.165, 1.54) is 0 Å². The highest BCUT2D eigenvalue weighted by atomic mass is 35.5. The molecule has 0 fully saturated rings. The number of rotatable bonds is 3. The molecule has 0 spiro atoms. The Bertz CT molecular complexity index is 739. The molecular weight excluding hydrogens is 276 g/mol. The number of halogens is 1. The second-order valence-corrected chi connectivity index (χ2v) is 4.44. The summed E-state index contributed by atoms with van der Waals surface area (Å²) in [7, 11) is 0. The molecule has 1 N–H and O–H groups in total. The highest BCUT2D eigenvalue weighted by Crippen LogP contribution is 2.18. The second kappa shape index (κ2) is 5.75. The molecule has 0 aliphatic heterocycles. The molecule has 5 heteroatoms. The molecule has 3 rings (SSSR count). The lowest BCUT2D eigenvalue weighted by molar-refractivity contribution is 0.0697. The number of fused-ring (bicyclic) bond motifs is 1. The number of benzene rings is 2. The first-order chi connectivity index (χ1) is 9.22. The van der Waals surface area contributed by atoms with Crippen LogP contribution in [0.1, 0.15) is 15.9 Å².